The second kappa shape index (κ2) is 4.61. The van der Waals surface area contributed by atoms with Crippen molar-refractivity contribution in [3.63, 3.8) is 0 Å². The standard InChI is InChI=1S/C8H17BrO2S/c1-4-12(10,11)6-5-8(2,3)7-9/h4-7H2,1-3H3. The zero-order valence-electron chi connectivity index (χ0n) is 7.93. The van der Waals surface area contributed by atoms with E-state index in [1.807, 2.05) is 0 Å². The summed E-state index contributed by atoms with van der Waals surface area (Å²) >= 11 is 3.37. The van der Waals surface area contributed by atoms with Gasteiger partial charge in [0.15, 0.2) is 0 Å². The van der Waals surface area contributed by atoms with Gasteiger partial charge in [0.2, 0.25) is 0 Å². The molecule has 4 heteroatoms. The van der Waals surface area contributed by atoms with Gasteiger partial charge in [-0.2, -0.15) is 0 Å². The van der Waals surface area contributed by atoms with E-state index >= 15 is 0 Å². The van der Waals surface area contributed by atoms with Gasteiger partial charge < -0.3 is 0 Å². The summed E-state index contributed by atoms with van der Waals surface area (Å²) in [6.45, 7) is 5.82. The van der Waals surface area contributed by atoms with Gasteiger partial charge in [-0.1, -0.05) is 36.7 Å². The molecule has 0 aliphatic carbocycles. The van der Waals surface area contributed by atoms with Crippen molar-refractivity contribution < 1.29 is 8.42 Å². The molecule has 0 N–H and O–H groups in total. The number of halogens is 1. The molecule has 0 saturated carbocycles. The highest BCUT2D eigenvalue weighted by Crippen LogP contribution is 2.23. The predicted octanol–water partition coefficient (Wildman–Crippen LogP) is 2.23. The minimum atomic E-state index is -2.78. The minimum Gasteiger partial charge on any atom is -0.229 e. The van der Waals surface area contributed by atoms with Crippen molar-refractivity contribution in [2.45, 2.75) is 27.2 Å². The largest absolute Gasteiger partial charge is 0.229 e. The molecule has 74 valence electrons. The van der Waals surface area contributed by atoms with E-state index in [-0.39, 0.29) is 11.2 Å². The van der Waals surface area contributed by atoms with E-state index in [4.69, 9.17) is 0 Å². The minimum absolute atomic E-state index is 0.0856. The number of alkyl halides is 1. The molecule has 0 radical (unpaired) electrons. The molecule has 0 unspecified atom stereocenters. The maximum Gasteiger partial charge on any atom is 0.150 e. The van der Waals surface area contributed by atoms with Gasteiger partial charge >= 0.3 is 0 Å². The molecule has 0 aliphatic rings. The van der Waals surface area contributed by atoms with Crippen molar-refractivity contribution in [1.29, 1.82) is 0 Å². The molecular formula is C8H17BrO2S. The molecule has 0 aromatic carbocycles. The Morgan fingerprint density at radius 3 is 2.17 bits per heavy atom. The van der Waals surface area contributed by atoms with Crippen LogP contribution in [0.1, 0.15) is 27.2 Å². The fourth-order valence-electron chi connectivity index (χ4n) is 0.643. The summed E-state index contributed by atoms with van der Waals surface area (Å²) in [5.74, 6) is 0.563. The van der Waals surface area contributed by atoms with Gasteiger partial charge in [-0.15, -0.1) is 0 Å². The zero-order chi connectivity index (χ0) is 9.83. The average Bonchev–Trinajstić information content (AvgIpc) is 2.02. The molecule has 0 heterocycles. The van der Waals surface area contributed by atoms with Crippen LogP contribution in [0.3, 0.4) is 0 Å². The Kier molecular flexibility index (Phi) is 4.77. The van der Waals surface area contributed by atoms with E-state index in [1.165, 1.54) is 0 Å². The highest BCUT2D eigenvalue weighted by atomic mass is 79.9. The Labute approximate surface area is 83.8 Å². The number of hydrogen-bond donors (Lipinski definition) is 0. The van der Waals surface area contributed by atoms with Gasteiger partial charge in [-0.05, 0) is 11.8 Å². The van der Waals surface area contributed by atoms with E-state index < -0.39 is 9.84 Å². The number of rotatable bonds is 5. The molecule has 2 nitrogen and oxygen atoms in total. The van der Waals surface area contributed by atoms with Crippen LogP contribution in [0, 0.1) is 5.41 Å². The zero-order valence-corrected chi connectivity index (χ0v) is 10.3. The molecule has 0 aromatic rings. The van der Waals surface area contributed by atoms with E-state index in [9.17, 15) is 8.42 Å². The average molecular weight is 257 g/mol. The van der Waals surface area contributed by atoms with E-state index in [0.29, 0.717) is 5.75 Å². The van der Waals surface area contributed by atoms with E-state index in [1.54, 1.807) is 6.92 Å². The lowest BCUT2D eigenvalue weighted by molar-refractivity contribution is 0.410. The van der Waals surface area contributed by atoms with Gasteiger partial charge in [0.05, 0.1) is 5.75 Å². The van der Waals surface area contributed by atoms with Crippen LogP contribution >= 0.6 is 15.9 Å². The van der Waals surface area contributed by atoms with Crippen molar-refractivity contribution in [3.05, 3.63) is 0 Å². The highest BCUT2D eigenvalue weighted by molar-refractivity contribution is 9.09. The molecular weight excluding hydrogens is 240 g/mol. The van der Waals surface area contributed by atoms with Gasteiger partial charge in [-0.25, -0.2) is 8.42 Å². The van der Waals surface area contributed by atoms with Crippen molar-refractivity contribution in [1.82, 2.24) is 0 Å². The third-order valence-corrected chi connectivity index (χ3v) is 5.12. The topological polar surface area (TPSA) is 34.1 Å². The first-order chi connectivity index (χ1) is 5.33. The monoisotopic (exact) mass is 256 g/mol. The van der Waals surface area contributed by atoms with Crippen LogP contribution in [-0.2, 0) is 9.84 Å². The molecule has 12 heavy (non-hydrogen) atoms. The molecule has 0 aliphatic heterocycles. The SMILES string of the molecule is CCS(=O)(=O)CCC(C)(C)CBr. The summed E-state index contributed by atoms with van der Waals surface area (Å²) in [6.07, 6.45) is 0.731. The smallest absolute Gasteiger partial charge is 0.150 e. The molecule has 0 spiro atoms. The van der Waals surface area contributed by atoms with Crippen LogP contribution in [0.15, 0.2) is 0 Å². The van der Waals surface area contributed by atoms with E-state index in [2.05, 4.69) is 29.8 Å². The van der Waals surface area contributed by atoms with Crippen LogP contribution in [0.5, 0.6) is 0 Å². The Hall–Kier alpha value is 0.430. The second-order valence-electron chi connectivity index (χ2n) is 3.78. The van der Waals surface area contributed by atoms with Gasteiger partial charge in [0.1, 0.15) is 9.84 Å². The summed E-state index contributed by atoms with van der Waals surface area (Å²) in [6, 6.07) is 0. The van der Waals surface area contributed by atoms with Crippen LogP contribution in [-0.4, -0.2) is 25.3 Å². The molecule has 0 aromatic heterocycles. The van der Waals surface area contributed by atoms with Crippen molar-refractivity contribution in [2.24, 2.45) is 5.41 Å². The maximum absolute atomic E-state index is 11.1. The maximum atomic E-state index is 11.1. The molecule has 0 saturated heterocycles. The number of sulfone groups is 1. The van der Waals surface area contributed by atoms with Crippen LogP contribution in [0.4, 0.5) is 0 Å². The fraction of sp³-hybridized carbons (Fsp3) is 1.00. The summed E-state index contributed by atoms with van der Waals surface area (Å²) in [7, 11) is -2.78. The van der Waals surface area contributed by atoms with Gasteiger partial charge in [0.25, 0.3) is 0 Å². The lowest BCUT2D eigenvalue weighted by atomic mass is 9.93. The van der Waals surface area contributed by atoms with Crippen molar-refractivity contribution in [2.75, 3.05) is 16.8 Å². The Balaban J connectivity index is 4.00. The van der Waals surface area contributed by atoms with Crippen LogP contribution in [0.25, 0.3) is 0 Å². The quantitative estimate of drug-likeness (QED) is 0.708. The first kappa shape index (κ1) is 12.4. The third-order valence-electron chi connectivity index (χ3n) is 1.89. The van der Waals surface area contributed by atoms with Gasteiger partial charge in [-0.3, -0.25) is 0 Å². The Bertz CT molecular complexity index is 219. The van der Waals surface area contributed by atoms with Crippen LogP contribution < -0.4 is 0 Å². The summed E-state index contributed by atoms with van der Waals surface area (Å²) < 4.78 is 22.3. The molecule has 0 fully saturated rings. The van der Waals surface area contributed by atoms with Crippen LogP contribution in [0.2, 0.25) is 0 Å². The second-order valence-corrected chi connectivity index (χ2v) is 6.82. The lowest BCUT2D eigenvalue weighted by Crippen LogP contribution is -2.19. The normalized spacial score (nSPS) is 13.3. The lowest BCUT2D eigenvalue weighted by Gasteiger charge is -2.20. The fourth-order valence-corrected chi connectivity index (χ4v) is 2.08. The Morgan fingerprint density at radius 2 is 1.83 bits per heavy atom. The third kappa shape index (κ3) is 5.14. The summed E-state index contributed by atoms with van der Waals surface area (Å²) in [5, 5.41) is 0.846. The number of hydrogen-bond acceptors (Lipinski definition) is 2. The molecule has 0 atom stereocenters. The van der Waals surface area contributed by atoms with E-state index in [0.717, 1.165) is 11.8 Å². The summed E-state index contributed by atoms with van der Waals surface area (Å²) in [4.78, 5) is 0. The highest BCUT2D eigenvalue weighted by Gasteiger charge is 2.19. The molecule has 0 rings (SSSR count). The molecule has 0 bridgehead atoms. The predicted molar refractivity (Wildman–Crippen MR) is 56.5 cm³/mol. The van der Waals surface area contributed by atoms with Gasteiger partial charge in [0, 0.05) is 11.1 Å². The first-order valence-corrected chi connectivity index (χ1v) is 7.03. The van der Waals surface area contributed by atoms with Crippen molar-refractivity contribution in [3.8, 4) is 0 Å². The first-order valence-electron chi connectivity index (χ1n) is 4.09. The Morgan fingerprint density at radius 1 is 1.33 bits per heavy atom. The van der Waals surface area contributed by atoms with Crippen molar-refractivity contribution >= 4 is 25.8 Å². The molecule has 0 amide bonds. The summed E-state index contributed by atoms with van der Waals surface area (Å²) in [5.41, 5.74) is 0.0856.